The molecule has 1 aromatic rings. The Morgan fingerprint density at radius 3 is 2.55 bits per heavy atom. The van der Waals surface area contributed by atoms with Crippen molar-refractivity contribution < 1.29 is 4.79 Å². The number of hydrogen-bond donors (Lipinski definition) is 1. The molecule has 2 aliphatic heterocycles. The number of aryl methyl sites for hydroxylation is 1. The van der Waals surface area contributed by atoms with E-state index in [2.05, 4.69) is 21.4 Å². The molecule has 22 heavy (non-hydrogen) atoms. The molecule has 2 saturated heterocycles. The van der Waals surface area contributed by atoms with E-state index in [1.165, 1.54) is 5.69 Å². The van der Waals surface area contributed by atoms with Gasteiger partial charge in [0.15, 0.2) is 0 Å². The molecule has 3 heterocycles. The lowest BCUT2D eigenvalue weighted by molar-refractivity contribution is -0.137. The topological polar surface area (TPSA) is 50.2 Å². The number of halogens is 2. The summed E-state index contributed by atoms with van der Waals surface area (Å²) in [5, 5.41) is 7.58. The van der Waals surface area contributed by atoms with Crippen LogP contribution in [-0.4, -0.2) is 46.8 Å². The summed E-state index contributed by atoms with van der Waals surface area (Å²) in [6, 6.07) is 2.10. The molecule has 0 spiro atoms. The predicted molar refractivity (Wildman–Crippen MR) is 91.9 cm³/mol. The van der Waals surface area contributed by atoms with Crippen molar-refractivity contribution >= 4 is 30.7 Å². The van der Waals surface area contributed by atoms with Gasteiger partial charge in [-0.25, -0.2) is 0 Å². The van der Waals surface area contributed by atoms with Gasteiger partial charge in [0, 0.05) is 44.5 Å². The molecule has 1 atom stereocenters. The maximum absolute atomic E-state index is 12.5. The van der Waals surface area contributed by atoms with E-state index in [9.17, 15) is 4.79 Å². The van der Waals surface area contributed by atoms with Gasteiger partial charge in [-0.1, -0.05) is 0 Å². The smallest absolute Gasteiger partial charge is 0.226 e. The molecular weight excluding hydrogens is 323 g/mol. The maximum atomic E-state index is 12.5. The first-order valence-electron chi connectivity index (χ1n) is 7.73. The third-order valence-corrected chi connectivity index (χ3v) is 4.73. The fourth-order valence-corrected chi connectivity index (χ4v) is 3.50. The molecule has 0 aliphatic carbocycles. The molecule has 0 aromatic carbocycles. The predicted octanol–water partition coefficient (Wildman–Crippen LogP) is 1.97. The lowest BCUT2D eigenvalue weighted by Crippen LogP contribution is -2.45. The first-order chi connectivity index (χ1) is 9.75. The number of hydrogen-bond acceptors (Lipinski definition) is 3. The Bertz CT molecular complexity index is 466. The largest absolute Gasteiger partial charge is 0.342 e. The summed E-state index contributed by atoms with van der Waals surface area (Å²) in [4.78, 5) is 14.6. The molecule has 1 amide bonds. The van der Waals surface area contributed by atoms with Crippen molar-refractivity contribution in [3.63, 3.8) is 0 Å². The highest BCUT2D eigenvalue weighted by Gasteiger charge is 2.30. The summed E-state index contributed by atoms with van der Waals surface area (Å²) in [5.74, 6) is 1.12. The van der Waals surface area contributed by atoms with Crippen molar-refractivity contribution in [3.8, 4) is 0 Å². The minimum absolute atomic E-state index is 0. The van der Waals surface area contributed by atoms with Gasteiger partial charge in [-0.3, -0.25) is 9.48 Å². The van der Waals surface area contributed by atoms with Crippen LogP contribution in [0.2, 0.25) is 0 Å². The average Bonchev–Trinajstić information content (AvgIpc) is 2.94. The van der Waals surface area contributed by atoms with Crippen molar-refractivity contribution in [3.05, 3.63) is 18.0 Å². The molecule has 1 aromatic heterocycles. The van der Waals surface area contributed by atoms with Gasteiger partial charge in [0.1, 0.15) is 0 Å². The second-order valence-corrected chi connectivity index (χ2v) is 6.02. The van der Waals surface area contributed by atoms with Gasteiger partial charge in [-0.15, -0.1) is 24.8 Å². The van der Waals surface area contributed by atoms with Crippen LogP contribution in [0.15, 0.2) is 12.3 Å². The fraction of sp³-hybridized carbons (Fsp3) is 0.733. The van der Waals surface area contributed by atoms with Crippen molar-refractivity contribution in [1.29, 1.82) is 0 Å². The highest BCUT2D eigenvalue weighted by Crippen LogP contribution is 2.28. The normalized spacial score (nSPS) is 22.6. The zero-order chi connectivity index (χ0) is 13.9. The van der Waals surface area contributed by atoms with Crippen LogP contribution in [0.25, 0.3) is 0 Å². The first-order valence-corrected chi connectivity index (χ1v) is 7.73. The lowest BCUT2D eigenvalue weighted by atomic mass is 9.91. The second kappa shape index (κ2) is 8.75. The molecule has 7 heteroatoms. The summed E-state index contributed by atoms with van der Waals surface area (Å²) in [6.45, 7) is 3.71. The van der Waals surface area contributed by atoms with E-state index in [1.54, 1.807) is 0 Å². The number of amides is 1. The Morgan fingerprint density at radius 2 is 2.00 bits per heavy atom. The Hall–Kier alpha value is -0.780. The number of carbonyl (C=O) groups excluding carboxylic acids is 1. The summed E-state index contributed by atoms with van der Waals surface area (Å²) in [6.07, 6.45) is 6.16. The Labute approximate surface area is 144 Å². The number of carbonyl (C=O) groups is 1. The quantitative estimate of drug-likeness (QED) is 0.888. The van der Waals surface area contributed by atoms with Gasteiger partial charge < -0.3 is 10.2 Å². The second-order valence-electron chi connectivity index (χ2n) is 6.02. The van der Waals surface area contributed by atoms with Crippen molar-refractivity contribution in [2.75, 3.05) is 26.2 Å². The van der Waals surface area contributed by atoms with Crippen LogP contribution >= 0.6 is 24.8 Å². The van der Waals surface area contributed by atoms with Gasteiger partial charge in [0.25, 0.3) is 0 Å². The van der Waals surface area contributed by atoms with Crippen LogP contribution in [-0.2, 0) is 11.8 Å². The highest BCUT2D eigenvalue weighted by atomic mass is 35.5. The minimum Gasteiger partial charge on any atom is -0.342 e. The summed E-state index contributed by atoms with van der Waals surface area (Å²) >= 11 is 0. The number of nitrogens with zero attached hydrogens (tertiary/aromatic N) is 3. The van der Waals surface area contributed by atoms with Crippen molar-refractivity contribution in [2.24, 2.45) is 13.0 Å². The molecule has 1 N–H and O–H groups in total. The molecule has 0 radical (unpaired) electrons. The molecule has 5 nitrogen and oxygen atoms in total. The highest BCUT2D eigenvalue weighted by molar-refractivity contribution is 5.85. The summed E-state index contributed by atoms with van der Waals surface area (Å²) in [5.41, 5.74) is 1.30. The van der Waals surface area contributed by atoms with Gasteiger partial charge in [-0.05, 0) is 38.3 Å². The monoisotopic (exact) mass is 348 g/mol. The molecular formula is C15H26Cl2N4O. The van der Waals surface area contributed by atoms with E-state index in [1.807, 2.05) is 17.9 Å². The Balaban J connectivity index is 0.00000121. The zero-order valence-corrected chi connectivity index (χ0v) is 14.7. The van der Waals surface area contributed by atoms with Crippen LogP contribution in [0.4, 0.5) is 0 Å². The van der Waals surface area contributed by atoms with Crippen molar-refractivity contribution in [1.82, 2.24) is 20.0 Å². The molecule has 126 valence electrons. The van der Waals surface area contributed by atoms with E-state index in [0.717, 1.165) is 51.9 Å². The van der Waals surface area contributed by atoms with E-state index < -0.39 is 0 Å². The lowest BCUT2D eigenvalue weighted by Gasteiger charge is -2.35. The molecule has 2 aliphatic rings. The van der Waals surface area contributed by atoms with Crippen LogP contribution in [0.3, 0.4) is 0 Å². The van der Waals surface area contributed by atoms with E-state index in [4.69, 9.17) is 0 Å². The third-order valence-electron chi connectivity index (χ3n) is 4.73. The molecule has 2 fully saturated rings. The number of rotatable bonds is 2. The minimum atomic E-state index is 0. The zero-order valence-electron chi connectivity index (χ0n) is 13.0. The van der Waals surface area contributed by atoms with E-state index >= 15 is 0 Å². The van der Waals surface area contributed by atoms with Gasteiger partial charge in [0.05, 0.1) is 5.92 Å². The van der Waals surface area contributed by atoms with Crippen LogP contribution in [0.1, 0.15) is 37.3 Å². The number of likely N-dealkylation sites (tertiary alicyclic amines) is 1. The molecule has 3 rings (SSSR count). The summed E-state index contributed by atoms with van der Waals surface area (Å²) < 4.78 is 1.97. The number of nitrogens with one attached hydrogen (secondary N) is 1. The molecule has 0 bridgehead atoms. The SMILES string of the molecule is Cl.Cl.Cn1nccc1C1CCN(C(=O)C2CCCNC2)CC1. The van der Waals surface area contributed by atoms with E-state index in [0.29, 0.717) is 11.8 Å². The first kappa shape index (κ1) is 19.3. The Kier molecular flexibility index (Phi) is 7.66. The molecule has 1 unspecified atom stereocenters. The van der Waals surface area contributed by atoms with Crippen LogP contribution < -0.4 is 5.32 Å². The van der Waals surface area contributed by atoms with Gasteiger partial charge >= 0.3 is 0 Å². The van der Waals surface area contributed by atoms with Crippen LogP contribution in [0.5, 0.6) is 0 Å². The fourth-order valence-electron chi connectivity index (χ4n) is 3.50. The van der Waals surface area contributed by atoms with E-state index in [-0.39, 0.29) is 30.7 Å². The molecule has 0 saturated carbocycles. The van der Waals surface area contributed by atoms with Crippen LogP contribution in [0, 0.1) is 5.92 Å². The van der Waals surface area contributed by atoms with Gasteiger partial charge in [0.2, 0.25) is 5.91 Å². The third kappa shape index (κ3) is 4.15. The van der Waals surface area contributed by atoms with Crippen molar-refractivity contribution in [2.45, 2.75) is 31.6 Å². The number of aromatic nitrogens is 2. The summed E-state index contributed by atoms with van der Waals surface area (Å²) in [7, 11) is 2.00. The average molecular weight is 349 g/mol. The Morgan fingerprint density at radius 1 is 1.27 bits per heavy atom. The maximum Gasteiger partial charge on any atom is 0.226 e. The standard InChI is InChI=1S/C15H24N4O.2ClH/c1-18-14(4-8-17-18)12-5-9-19(10-6-12)15(20)13-3-2-7-16-11-13;;/h4,8,12-13,16H,2-3,5-7,9-11H2,1H3;2*1H. The van der Waals surface area contributed by atoms with Gasteiger partial charge in [-0.2, -0.15) is 5.10 Å². The number of piperidine rings is 2.